The van der Waals surface area contributed by atoms with E-state index in [0.29, 0.717) is 13.2 Å². The van der Waals surface area contributed by atoms with Crippen LogP contribution < -0.4 is 0 Å². The number of hydrogen-bond donors (Lipinski definition) is 0. The molecule has 0 N–H and O–H groups in total. The lowest BCUT2D eigenvalue weighted by Gasteiger charge is -2.12. The molecule has 2 aliphatic rings. The number of hydrogen-bond acceptors (Lipinski definition) is 2. The highest BCUT2D eigenvalue weighted by molar-refractivity contribution is 4.84. The smallest absolute Gasteiger partial charge is 0.253 e. The van der Waals surface area contributed by atoms with Gasteiger partial charge in [-0.1, -0.05) is 0 Å². The van der Waals surface area contributed by atoms with E-state index in [1.165, 1.54) is 0 Å². The van der Waals surface area contributed by atoms with Crippen molar-refractivity contribution in [2.75, 3.05) is 13.2 Å². The lowest BCUT2D eigenvalue weighted by molar-refractivity contribution is -0.0279. The fourth-order valence-electron chi connectivity index (χ4n) is 1.12. The van der Waals surface area contributed by atoms with Crippen LogP contribution in [0.5, 0.6) is 0 Å². The van der Waals surface area contributed by atoms with Gasteiger partial charge in [-0.05, 0) is 0 Å². The minimum absolute atomic E-state index is 0.132. The minimum atomic E-state index is -2.58. The molecule has 0 aromatic heterocycles. The molecule has 2 saturated heterocycles. The maximum absolute atomic E-state index is 12.8. The molecule has 2 heterocycles. The summed E-state index contributed by atoms with van der Waals surface area (Å²) in [6.45, 7) is 1.00. The molecule has 11 heavy (non-hydrogen) atoms. The van der Waals surface area contributed by atoms with Crippen LogP contribution in [0.15, 0.2) is 0 Å². The molecule has 0 bridgehead atoms. The van der Waals surface area contributed by atoms with E-state index in [9.17, 15) is 8.78 Å². The zero-order chi connectivity index (χ0) is 7.90. The SMILES string of the molecule is FC(F)(CC1CO1)CC1CO1. The zero-order valence-electron chi connectivity index (χ0n) is 6.06. The van der Waals surface area contributed by atoms with Crippen molar-refractivity contribution in [3.63, 3.8) is 0 Å². The van der Waals surface area contributed by atoms with E-state index in [2.05, 4.69) is 0 Å². The summed E-state index contributed by atoms with van der Waals surface area (Å²) in [7, 11) is 0. The third-order valence-electron chi connectivity index (χ3n) is 1.86. The summed E-state index contributed by atoms with van der Waals surface area (Å²) >= 11 is 0. The summed E-state index contributed by atoms with van der Waals surface area (Å²) in [6, 6.07) is 0. The molecule has 2 rings (SSSR count). The van der Waals surface area contributed by atoms with Crippen LogP contribution in [-0.2, 0) is 9.47 Å². The lowest BCUT2D eigenvalue weighted by atomic mass is 10.1. The zero-order valence-corrected chi connectivity index (χ0v) is 6.06. The molecular formula is C7H10F2O2. The molecule has 2 unspecified atom stereocenters. The molecular weight excluding hydrogens is 154 g/mol. The quantitative estimate of drug-likeness (QED) is 0.583. The predicted molar refractivity (Wildman–Crippen MR) is 33.7 cm³/mol. The third-order valence-corrected chi connectivity index (χ3v) is 1.86. The predicted octanol–water partition coefficient (Wildman–Crippen LogP) is 1.20. The van der Waals surface area contributed by atoms with Crippen molar-refractivity contribution in [3.8, 4) is 0 Å². The second kappa shape index (κ2) is 2.38. The number of ether oxygens (including phenoxy) is 2. The van der Waals surface area contributed by atoms with Crippen molar-refractivity contribution in [2.45, 2.75) is 31.0 Å². The molecule has 0 amide bonds. The summed E-state index contributed by atoms with van der Waals surface area (Å²) in [6.07, 6.45) is -0.646. The van der Waals surface area contributed by atoms with Crippen molar-refractivity contribution in [1.29, 1.82) is 0 Å². The molecule has 0 aromatic carbocycles. The Morgan fingerprint density at radius 2 is 1.45 bits per heavy atom. The van der Waals surface area contributed by atoms with Gasteiger partial charge in [-0.15, -0.1) is 0 Å². The molecule has 0 saturated carbocycles. The van der Waals surface area contributed by atoms with E-state index in [4.69, 9.17) is 9.47 Å². The normalized spacial score (nSPS) is 35.5. The Balaban J connectivity index is 1.75. The molecule has 2 nitrogen and oxygen atoms in total. The Kier molecular flexibility index (Phi) is 1.61. The van der Waals surface area contributed by atoms with Gasteiger partial charge in [-0.25, -0.2) is 8.78 Å². The standard InChI is InChI=1S/C7H10F2O2/c8-7(9,1-5-3-10-5)2-6-4-11-6/h5-6H,1-4H2. The van der Waals surface area contributed by atoms with E-state index in [1.807, 2.05) is 0 Å². The summed E-state index contributed by atoms with van der Waals surface area (Å²) in [5, 5.41) is 0. The van der Waals surface area contributed by atoms with Crippen LogP contribution in [0.25, 0.3) is 0 Å². The van der Waals surface area contributed by atoms with Crippen LogP contribution >= 0.6 is 0 Å². The Morgan fingerprint density at radius 1 is 1.09 bits per heavy atom. The molecule has 4 heteroatoms. The number of epoxide rings is 2. The van der Waals surface area contributed by atoms with Gasteiger partial charge in [0.25, 0.3) is 5.92 Å². The monoisotopic (exact) mass is 164 g/mol. The minimum Gasteiger partial charge on any atom is -0.373 e. The molecule has 2 aliphatic heterocycles. The van der Waals surface area contributed by atoms with Crippen LogP contribution in [-0.4, -0.2) is 31.3 Å². The largest absolute Gasteiger partial charge is 0.373 e. The summed E-state index contributed by atoms with van der Waals surface area (Å²) < 4.78 is 35.1. The van der Waals surface area contributed by atoms with Gasteiger partial charge in [0.1, 0.15) is 0 Å². The number of rotatable bonds is 4. The first-order chi connectivity index (χ1) is 5.16. The summed E-state index contributed by atoms with van der Waals surface area (Å²) in [5.41, 5.74) is 0. The van der Waals surface area contributed by atoms with E-state index < -0.39 is 5.92 Å². The van der Waals surface area contributed by atoms with Crippen LogP contribution in [0.3, 0.4) is 0 Å². The maximum Gasteiger partial charge on any atom is 0.253 e. The fourth-order valence-corrected chi connectivity index (χ4v) is 1.12. The first kappa shape index (κ1) is 7.43. The van der Waals surface area contributed by atoms with Gasteiger partial charge in [0.05, 0.1) is 25.4 Å². The van der Waals surface area contributed by atoms with Gasteiger partial charge < -0.3 is 9.47 Å². The molecule has 0 radical (unpaired) electrons. The van der Waals surface area contributed by atoms with Crippen LogP contribution in [0.4, 0.5) is 8.78 Å². The summed E-state index contributed by atoms with van der Waals surface area (Å²) in [4.78, 5) is 0. The second-order valence-electron chi connectivity index (χ2n) is 3.17. The average molecular weight is 164 g/mol. The Hall–Kier alpha value is -0.220. The van der Waals surface area contributed by atoms with Crippen molar-refractivity contribution in [1.82, 2.24) is 0 Å². The Bertz CT molecular complexity index is 137. The first-order valence-corrected chi connectivity index (χ1v) is 3.77. The third kappa shape index (κ3) is 2.38. The van der Waals surface area contributed by atoms with E-state index in [0.717, 1.165) is 0 Å². The maximum atomic E-state index is 12.8. The highest BCUT2D eigenvalue weighted by atomic mass is 19.3. The molecule has 64 valence electrons. The first-order valence-electron chi connectivity index (χ1n) is 3.77. The van der Waals surface area contributed by atoms with Crippen LogP contribution in [0.1, 0.15) is 12.8 Å². The van der Waals surface area contributed by atoms with Gasteiger partial charge >= 0.3 is 0 Å². The van der Waals surface area contributed by atoms with Crippen molar-refractivity contribution in [2.24, 2.45) is 0 Å². The highest BCUT2D eigenvalue weighted by Crippen LogP contribution is 2.34. The summed E-state index contributed by atoms with van der Waals surface area (Å²) in [5.74, 6) is -2.58. The van der Waals surface area contributed by atoms with Crippen LogP contribution in [0.2, 0.25) is 0 Å². The Labute approximate surface area is 63.5 Å². The highest BCUT2D eigenvalue weighted by Gasteiger charge is 2.43. The van der Waals surface area contributed by atoms with Crippen molar-refractivity contribution in [3.05, 3.63) is 0 Å². The van der Waals surface area contributed by atoms with E-state index in [1.54, 1.807) is 0 Å². The van der Waals surface area contributed by atoms with Gasteiger partial charge in [0.2, 0.25) is 0 Å². The molecule has 2 atom stereocenters. The number of alkyl halides is 2. The molecule has 2 fully saturated rings. The van der Waals surface area contributed by atoms with E-state index in [-0.39, 0.29) is 25.0 Å². The van der Waals surface area contributed by atoms with E-state index >= 15 is 0 Å². The van der Waals surface area contributed by atoms with Crippen molar-refractivity contribution >= 4 is 0 Å². The molecule has 0 spiro atoms. The second-order valence-corrected chi connectivity index (χ2v) is 3.17. The van der Waals surface area contributed by atoms with Gasteiger partial charge in [-0.3, -0.25) is 0 Å². The topological polar surface area (TPSA) is 25.1 Å². The van der Waals surface area contributed by atoms with Gasteiger partial charge in [0, 0.05) is 12.8 Å². The Morgan fingerprint density at radius 3 is 1.73 bits per heavy atom. The van der Waals surface area contributed by atoms with Crippen LogP contribution in [0, 0.1) is 0 Å². The lowest BCUT2D eigenvalue weighted by Crippen LogP contribution is -2.21. The van der Waals surface area contributed by atoms with Crippen molar-refractivity contribution < 1.29 is 18.3 Å². The van der Waals surface area contributed by atoms with Gasteiger partial charge in [0.15, 0.2) is 0 Å². The molecule has 0 aromatic rings. The van der Waals surface area contributed by atoms with Gasteiger partial charge in [-0.2, -0.15) is 0 Å². The number of halogens is 2. The average Bonchev–Trinajstić information content (AvgIpc) is 2.60. The fraction of sp³-hybridized carbons (Fsp3) is 1.00. The molecule has 0 aliphatic carbocycles.